The van der Waals surface area contributed by atoms with E-state index < -0.39 is 23.7 Å². The zero-order valence-electron chi connectivity index (χ0n) is 23.0. The van der Waals surface area contributed by atoms with E-state index in [1.807, 2.05) is 4.57 Å². The number of carboxylic acids is 1. The third-order valence-corrected chi connectivity index (χ3v) is 8.53. The van der Waals surface area contributed by atoms with Gasteiger partial charge in [-0.05, 0) is 60.5 Å². The first-order chi connectivity index (χ1) is 21.2. The van der Waals surface area contributed by atoms with E-state index in [2.05, 4.69) is 4.98 Å². The molecule has 0 aliphatic carbocycles. The number of rotatable bonds is 7. The third-order valence-electron chi connectivity index (χ3n) is 7.97. The van der Waals surface area contributed by atoms with Crippen molar-refractivity contribution in [3.63, 3.8) is 0 Å². The molecule has 44 heavy (non-hydrogen) atoms. The quantitative estimate of drug-likeness (QED) is 0.196. The van der Waals surface area contributed by atoms with Crippen LogP contribution in [0.3, 0.4) is 0 Å². The molecule has 0 amide bonds. The maximum absolute atomic E-state index is 15.8. The topological polar surface area (TPSA) is 82.8 Å². The average Bonchev–Trinajstić information content (AvgIpc) is 3.32. The largest absolute Gasteiger partial charge is 0.485 e. The molecule has 0 radical (unpaired) electrons. The molecule has 2 aliphatic heterocycles. The van der Waals surface area contributed by atoms with Gasteiger partial charge < -0.3 is 23.9 Å². The Labute approximate surface area is 260 Å². The number of carboxylic acid groups (broad SMARTS) is 1. The van der Waals surface area contributed by atoms with Crippen LogP contribution < -0.4 is 9.47 Å². The van der Waals surface area contributed by atoms with Gasteiger partial charge in [0, 0.05) is 39.8 Å². The number of para-hydroxylation sites is 1. The maximum atomic E-state index is 15.8. The van der Waals surface area contributed by atoms with Gasteiger partial charge >= 0.3 is 5.97 Å². The van der Waals surface area contributed by atoms with Gasteiger partial charge in [-0.15, -0.1) is 0 Å². The molecular formula is C33H24Cl2F2N2O5. The molecule has 1 saturated heterocycles. The van der Waals surface area contributed by atoms with Crippen LogP contribution in [0.2, 0.25) is 10.0 Å². The summed E-state index contributed by atoms with van der Waals surface area (Å²) in [6.07, 6.45) is 0.168. The Bertz CT molecular complexity index is 1940. The Kier molecular flexibility index (Phi) is 7.40. The molecular weight excluding hydrogens is 613 g/mol. The number of ether oxygens (including phenoxy) is 3. The number of hydrogen-bond donors (Lipinski definition) is 1. The van der Waals surface area contributed by atoms with E-state index in [1.165, 1.54) is 12.1 Å². The smallest absolute Gasteiger partial charge is 0.335 e. The fourth-order valence-corrected chi connectivity index (χ4v) is 6.13. The number of nitrogens with zero attached hydrogens (tertiary/aromatic N) is 2. The molecule has 7 rings (SSSR count). The minimum absolute atomic E-state index is 0.0111. The predicted molar refractivity (Wildman–Crippen MR) is 161 cm³/mol. The zero-order valence-corrected chi connectivity index (χ0v) is 24.5. The summed E-state index contributed by atoms with van der Waals surface area (Å²) in [4.78, 5) is 16.3. The monoisotopic (exact) mass is 636 g/mol. The Morgan fingerprint density at radius 1 is 1.02 bits per heavy atom. The zero-order chi connectivity index (χ0) is 30.5. The number of fused-ring (bicyclic) bond motifs is 2. The van der Waals surface area contributed by atoms with Gasteiger partial charge in [0.25, 0.3) is 0 Å². The van der Waals surface area contributed by atoms with Crippen molar-refractivity contribution in [2.45, 2.75) is 31.6 Å². The van der Waals surface area contributed by atoms with Crippen LogP contribution >= 0.6 is 23.2 Å². The number of benzene rings is 4. The van der Waals surface area contributed by atoms with Crippen molar-refractivity contribution in [1.29, 1.82) is 0 Å². The van der Waals surface area contributed by atoms with Gasteiger partial charge in [0.1, 0.15) is 24.1 Å². The van der Waals surface area contributed by atoms with Crippen molar-refractivity contribution >= 4 is 40.2 Å². The summed E-state index contributed by atoms with van der Waals surface area (Å²) in [5.41, 5.74) is 2.36. The second kappa shape index (κ2) is 11.4. The van der Waals surface area contributed by atoms with Gasteiger partial charge in [-0.3, -0.25) is 0 Å². The van der Waals surface area contributed by atoms with Gasteiger partial charge in [-0.1, -0.05) is 41.4 Å². The summed E-state index contributed by atoms with van der Waals surface area (Å²) in [6, 6.07) is 17.0. The lowest BCUT2D eigenvalue weighted by molar-refractivity contribution is -0.0589. The van der Waals surface area contributed by atoms with E-state index in [4.69, 9.17) is 37.4 Å². The van der Waals surface area contributed by atoms with E-state index >= 15 is 8.78 Å². The van der Waals surface area contributed by atoms with Crippen LogP contribution in [-0.4, -0.2) is 39.9 Å². The Hall–Kier alpha value is -4.18. The van der Waals surface area contributed by atoms with Crippen molar-refractivity contribution in [1.82, 2.24) is 9.55 Å². The highest BCUT2D eigenvalue weighted by molar-refractivity contribution is 6.35. The summed E-state index contributed by atoms with van der Waals surface area (Å²) in [6.45, 7) is 1.23. The maximum Gasteiger partial charge on any atom is 0.335 e. The molecule has 4 aromatic carbocycles. The molecule has 1 aromatic heterocycles. The summed E-state index contributed by atoms with van der Waals surface area (Å²) in [5.74, 6) is -1.19. The van der Waals surface area contributed by atoms with Crippen molar-refractivity contribution in [3.05, 3.63) is 111 Å². The van der Waals surface area contributed by atoms with Crippen LogP contribution in [0.1, 0.15) is 39.8 Å². The molecule has 1 unspecified atom stereocenters. The highest BCUT2D eigenvalue weighted by atomic mass is 35.5. The minimum Gasteiger partial charge on any atom is -0.485 e. The van der Waals surface area contributed by atoms with Crippen molar-refractivity contribution in [2.24, 2.45) is 0 Å². The van der Waals surface area contributed by atoms with E-state index in [0.29, 0.717) is 56.9 Å². The minimum atomic E-state index is -1.06. The standard InChI is InChI=1S/C33H24Cl2F2N2O5/c34-19-5-6-22(24(35)13-19)30-16-43-29-3-1-2-21(32(29)44-30)23-14-25(36)18(10-26(23)37)12-31-38-27-7-4-17(33(40)41)11-28(27)39(31)15-20-8-9-42-20/h1-7,10-11,13-14,20,30H,8-9,12,15-16H2,(H,40,41)/t20-,30?/m0/s1. The summed E-state index contributed by atoms with van der Waals surface area (Å²) in [5, 5.41) is 10.4. The van der Waals surface area contributed by atoms with Gasteiger partial charge in [0.15, 0.2) is 17.6 Å². The Morgan fingerprint density at radius 2 is 1.86 bits per heavy atom. The molecule has 2 aliphatic rings. The average molecular weight is 637 g/mol. The number of carbonyl (C=O) groups is 1. The molecule has 0 spiro atoms. The first-order valence-electron chi connectivity index (χ1n) is 13.9. The summed E-state index contributed by atoms with van der Waals surface area (Å²) < 4.78 is 51.2. The summed E-state index contributed by atoms with van der Waals surface area (Å²) in [7, 11) is 0. The molecule has 1 N–H and O–H groups in total. The molecule has 5 aromatic rings. The SMILES string of the molecule is O=C(O)c1ccc2nc(Cc3cc(F)c(-c4cccc5c4OC(c4ccc(Cl)cc4Cl)CO5)cc3F)n(C[C@@H]3CCO3)c2c1. The summed E-state index contributed by atoms with van der Waals surface area (Å²) >= 11 is 12.5. The van der Waals surface area contributed by atoms with Crippen LogP contribution in [0, 0.1) is 11.6 Å². The van der Waals surface area contributed by atoms with Crippen molar-refractivity contribution in [3.8, 4) is 22.6 Å². The molecule has 224 valence electrons. The molecule has 0 bridgehead atoms. The highest BCUT2D eigenvalue weighted by Gasteiger charge is 2.29. The molecule has 3 heterocycles. The molecule has 0 saturated carbocycles. The second-order valence-electron chi connectivity index (χ2n) is 10.7. The van der Waals surface area contributed by atoms with Crippen molar-refractivity contribution < 1.29 is 32.9 Å². The Morgan fingerprint density at radius 3 is 2.61 bits per heavy atom. The first kappa shape index (κ1) is 28.6. The molecule has 1 fully saturated rings. The molecule has 2 atom stereocenters. The number of aromatic nitrogens is 2. The van der Waals surface area contributed by atoms with Gasteiger partial charge in [-0.2, -0.15) is 0 Å². The lowest BCUT2D eigenvalue weighted by Crippen LogP contribution is -2.31. The number of halogens is 4. The lowest BCUT2D eigenvalue weighted by Gasteiger charge is -2.29. The van der Waals surface area contributed by atoms with E-state index in [1.54, 1.807) is 42.5 Å². The fourth-order valence-electron chi connectivity index (χ4n) is 5.60. The van der Waals surface area contributed by atoms with Gasteiger partial charge in [0.05, 0.1) is 29.2 Å². The van der Waals surface area contributed by atoms with Crippen molar-refractivity contribution in [2.75, 3.05) is 13.2 Å². The first-order valence-corrected chi connectivity index (χ1v) is 14.7. The normalized spacial score (nSPS) is 17.5. The highest BCUT2D eigenvalue weighted by Crippen LogP contribution is 2.45. The number of aromatic carboxylic acids is 1. The van der Waals surface area contributed by atoms with E-state index in [-0.39, 0.29) is 41.6 Å². The van der Waals surface area contributed by atoms with Crippen LogP contribution in [0.5, 0.6) is 11.5 Å². The second-order valence-corrected chi connectivity index (χ2v) is 11.6. The lowest BCUT2D eigenvalue weighted by atomic mass is 9.99. The molecule has 11 heteroatoms. The number of hydrogen-bond acceptors (Lipinski definition) is 5. The van der Waals surface area contributed by atoms with Gasteiger partial charge in [-0.25, -0.2) is 18.6 Å². The van der Waals surface area contributed by atoms with E-state index in [9.17, 15) is 9.90 Å². The van der Waals surface area contributed by atoms with Crippen LogP contribution in [0.25, 0.3) is 22.2 Å². The van der Waals surface area contributed by atoms with E-state index in [0.717, 1.165) is 18.6 Å². The molecule has 7 nitrogen and oxygen atoms in total. The van der Waals surface area contributed by atoms with Crippen LogP contribution in [0.15, 0.2) is 66.7 Å². The third kappa shape index (κ3) is 5.25. The Balaban J connectivity index is 1.23. The van der Waals surface area contributed by atoms with Gasteiger partial charge in [0.2, 0.25) is 0 Å². The fraction of sp³-hybridized carbons (Fsp3) is 0.212. The predicted octanol–water partition coefficient (Wildman–Crippen LogP) is 7.88. The van der Waals surface area contributed by atoms with Crippen LogP contribution in [0.4, 0.5) is 8.78 Å². The number of imidazole rings is 1. The van der Waals surface area contributed by atoms with Crippen LogP contribution in [-0.2, 0) is 17.7 Å².